The highest BCUT2D eigenvalue weighted by molar-refractivity contribution is 6.51. The highest BCUT2D eigenvalue weighted by Crippen LogP contribution is 2.69. The molecule has 2 N–H and O–H groups in total. The number of benzene rings is 1. The van der Waals surface area contributed by atoms with Gasteiger partial charge in [0.2, 0.25) is 5.91 Å². The number of ether oxygens (including phenoxy) is 1. The van der Waals surface area contributed by atoms with E-state index in [4.69, 9.17) is 4.74 Å². The lowest BCUT2D eigenvalue weighted by atomic mass is 9.64. The molecule has 0 aliphatic heterocycles. The number of fused-ring (bicyclic) bond motifs is 2. The fourth-order valence-electron chi connectivity index (χ4n) is 4.43. The smallest absolute Gasteiger partial charge is 0.239 e. The van der Waals surface area contributed by atoms with Gasteiger partial charge in [-0.05, 0) is 30.4 Å². The quantitative estimate of drug-likeness (QED) is 0.507. The van der Waals surface area contributed by atoms with Crippen molar-refractivity contribution in [2.45, 2.75) is 33.6 Å². The summed E-state index contributed by atoms with van der Waals surface area (Å²) in [6, 6.07) is 7.07. The Bertz CT molecular complexity index is 755. The minimum atomic E-state index is -1.23. The number of para-hydroxylation sites is 2. The van der Waals surface area contributed by atoms with Crippen molar-refractivity contribution in [2.75, 3.05) is 12.4 Å². The molecule has 2 aliphatic rings. The van der Waals surface area contributed by atoms with E-state index in [1.165, 1.54) is 7.11 Å². The Morgan fingerprint density at radius 2 is 1.92 bits per heavy atom. The van der Waals surface area contributed by atoms with Gasteiger partial charge in [-0.3, -0.25) is 9.59 Å². The first-order valence-electron chi connectivity index (χ1n) is 7.98. The third-order valence-corrected chi connectivity index (χ3v) is 6.41. The number of hydrogen-bond acceptors (Lipinski definition) is 5. The third-order valence-electron chi connectivity index (χ3n) is 6.41. The van der Waals surface area contributed by atoms with Crippen LogP contribution in [-0.4, -0.2) is 29.7 Å². The van der Waals surface area contributed by atoms with Gasteiger partial charge in [0.1, 0.15) is 16.9 Å². The van der Waals surface area contributed by atoms with Gasteiger partial charge < -0.3 is 15.3 Å². The van der Waals surface area contributed by atoms with E-state index >= 15 is 0 Å². The predicted molar refractivity (Wildman–Crippen MR) is 89.4 cm³/mol. The zero-order valence-electron chi connectivity index (χ0n) is 14.3. The number of anilines is 1. The summed E-state index contributed by atoms with van der Waals surface area (Å²) in [6.45, 7) is 5.70. The maximum atomic E-state index is 13.2. The Kier molecular flexibility index (Phi) is 3.48. The minimum Gasteiger partial charge on any atom is -0.495 e. The van der Waals surface area contributed by atoms with Gasteiger partial charge >= 0.3 is 0 Å². The minimum absolute atomic E-state index is 0.105. The van der Waals surface area contributed by atoms with Gasteiger partial charge in [0.25, 0.3) is 0 Å². The molecule has 24 heavy (non-hydrogen) atoms. The van der Waals surface area contributed by atoms with Crippen molar-refractivity contribution < 1.29 is 19.5 Å². The summed E-state index contributed by atoms with van der Waals surface area (Å²) in [5.41, 5.74) is -1.87. The van der Waals surface area contributed by atoms with Crippen molar-refractivity contribution in [1.29, 1.82) is 0 Å². The molecule has 1 amide bonds. The van der Waals surface area contributed by atoms with Crippen LogP contribution in [0.4, 0.5) is 5.69 Å². The molecule has 6 heteroatoms. The van der Waals surface area contributed by atoms with Gasteiger partial charge in [-0.25, -0.2) is 0 Å². The fraction of sp³-hybridized carbons (Fsp3) is 0.500. The van der Waals surface area contributed by atoms with Gasteiger partial charge in [0, 0.05) is 5.41 Å². The summed E-state index contributed by atoms with van der Waals surface area (Å²) >= 11 is 0. The number of ketones is 1. The number of oxime groups is 1. The SMILES string of the molecule is COc1ccccc1NC(=O)C12CCC(C)(/C(=N/O)C1=O)C2(C)C. The molecule has 2 unspecified atom stereocenters. The van der Waals surface area contributed by atoms with Crippen LogP contribution in [0.3, 0.4) is 0 Å². The lowest BCUT2D eigenvalue weighted by molar-refractivity contribution is -0.140. The number of carbonyl (C=O) groups excluding carboxylic acids is 2. The number of Topliss-reactive ketones (excluding diaryl/α,β-unsaturated/α-hetero) is 1. The molecule has 0 saturated heterocycles. The second kappa shape index (κ2) is 5.06. The van der Waals surface area contributed by atoms with Crippen LogP contribution in [0.1, 0.15) is 33.6 Å². The first kappa shape index (κ1) is 16.5. The first-order chi connectivity index (χ1) is 11.3. The molecule has 2 bridgehead atoms. The maximum Gasteiger partial charge on any atom is 0.239 e. The van der Waals surface area contributed by atoms with E-state index in [0.717, 1.165) is 0 Å². The summed E-state index contributed by atoms with van der Waals surface area (Å²) in [5, 5.41) is 15.4. The van der Waals surface area contributed by atoms with Crippen molar-refractivity contribution in [1.82, 2.24) is 0 Å². The van der Waals surface area contributed by atoms with Gasteiger partial charge in [-0.1, -0.05) is 38.1 Å². The van der Waals surface area contributed by atoms with Crippen LogP contribution in [0.15, 0.2) is 29.4 Å². The second-order valence-electron chi connectivity index (χ2n) is 7.29. The average Bonchev–Trinajstić information content (AvgIpc) is 2.83. The topological polar surface area (TPSA) is 88.0 Å². The summed E-state index contributed by atoms with van der Waals surface area (Å²) in [7, 11) is 1.52. The van der Waals surface area contributed by atoms with Crippen LogP contribution in [0.5, 0.6) is 5.75 Å². The number of rotatable bonds is 3. The Morgan fingerprint density at radius 3 is 2.50 bits per heavy atom. The molecule has 2 fully saturated rings. The molecule has 2 saturated carbocycles. The van der Waals surface area contributed by atoms with Crippen molar-refractivity contribution >= 4 is 23.1 Å². The zero-order chi connectivity index (χ0) is 17.8. The van der Waals surface area contributed by atoms with Crippen molar-refractivity contribution in [3.05, 3.63) is 24.3 Å². The molecule has 128 valence electrons. The van der Waals surface area contributed by atoms with Gasteiger partial charge in [0.15, 0.2) is 5.78 Å². The lowest BCUT2D eigenvalue weighted by Crippen LogP contribution is -2.47. The molecule has 0 radical (unpaired) electrons. The standard InChI is InChI=1S/C18H22N2O4/c1-16(2)17(3)9-10-18(16,14(21)13(17)20-23)15(22)19-11-7-5-6-8-12(11)24-4/h5-8,23H,9-10H2,1-4H3,(H,19,22)/b20-13+. The van der Waals surface area contributed by atoms with Gasteiger partial charge in [-0.15, -0.1) is 0 Å². The molecule has 0 heterocycles. The highest BCUT2D eigenvalue weighted by atomic mass is 16.5. The number of nitrogens with zero attached hydrogens (tertiary/aromatic N) is 1. The van der Waals surface area contributed by atoms with Crippen LogP contribution in [0, 0.1) is 16.2 Å². The molecule has 1 aromatic rings. The van der Waals surface area contributed by atoms with Crippen molar-refractivity contribution in [2.24, 2.45) is 21.4 Å². The number of nitrogens with one attached hydrogen (secondary N) is 1. The summed E-state index contributed by atoms with van der Waals surface area (Å²) < 4.78 is 5.26. The largest absolute Gasteiger partial charge is 0.495 e. The predicted octanol–water partition coefficient (Wildman–Crippen LogP) is 2.86. The Labute approximate surface area is 140 Å². The fourth-order valence-corrected chi connectivity index (χ4v) is 4.43. The number of methoxy groups -OCH3 is 1. The van der Waals surface area contributed by atoms with E-state index in [0.29, 0.717) is 24.3 Å². The molecule has 2 aliphatic carbocycles. The zero-order valence-corrected chi connectivity index (χ0v) is 14.3. The molecular weight excluding hydrogens is 308 g/mol. The van der Waals surface area contributed by atoms with Crippen LogP contribution in [0.2, 0.25) is 0 Å². The maximum absolute atomic E-state index is 13.2. The Hall–Kier alpha value is -2.37. The monoisotopic (exact) mass is 330 g/mol. The molecule has 1 aromatic carbocycles. The summed E-state index contributed by atoms with van der Waals surface area (Å²) in [4.78, 5) is 26.1. The van der Waals surface area contributed by atoms with Gasteiger partial charge in [-0.2, -0.15) is 0 Å². The van der Waals surface area contributed by atoms with Crippen LogP contribution >= 0.6 is 0 Å². The molecule has 0 spiro atoms. The Morgan fingerprint density at radius 1 is 1.25 bits per heavy atom. The molecule has 0 aromatic heterocycles. The van der Waals surface area contributed by atoms with E-state index < -0.39 is 16.2 Å². The van der Waals surface area contributed by atoms with E-state index in [1.807, 2.05) is 20.8 Å². The Balaban J connectivity index is 2.05. The van der Waals surface area contributed by atoms with E-state index in [1.54, 1.807) is 24.3 Å². The van der Waals surface area contributed by atoms with Crippen LogP contribution in [-0.2, 0) is 9.59 Å². The average molecular weight is 330 g/mol. The van der Waals surface area contributed by atoms with Crippen molar-refractivity contribution in [3.63, 3.8) is 0 Å². The third kappa shape index (κ3) is 1.68. The normalized spacial score (nSPS) is 32.2. The van der Waals surface area contributed by atoms with Crippen molar-refractivity contribution in [3.8, 4) is 5.75 Å². The summed E-state index contributed by atoms with van der Waals surface area (Å²) in [5.74, 6) is -0.220. The lowest BCUT2D eigenvalue weighted by Gasteiger charge is -2.37. The highest BCUT2D eigenvalue weighted by Gasteiger charge is 2.76. The first-order valence-corrected chi connectivity index (χ1v) is 7.98. The number of hydrogen-bond donors (Lipinski definition) is 2. The molecular formula is C18H22N2O4. The summed E-state index contributed by atoms with van der Waals surface area (Å²) in [6.07, 6.45) is 1.07. The second-order valence-corrected chi connectivity index (χ2v) is 7.29. The molecule has 3 rings (SSSR count). The van der Waals surface area contributed by atoms with Gasteiger partial charge in [0.05, 0.1) is 12.8 Å². The van der Waals surface area contributed by atoms with Crippen LogP contribution < -0.4 is 10.1 Å². The number of amides is 1. The van der Waals surface area contributed by atoms with Crippen LogP contribution in [0.25, 0.3) is 0 Å². The number of carbonyl (C=O) groups is 2. The van der Waals surface area contributed by atoms with E-state index in [-0.39, 0.29) is 17.4 Å². The molecule has 2 atom stereocenters. The molecule has 6 nitrogen and oxygen atoms in total. The van der Waals surface area contributed by atoms with E-state index in [2.05, 4.69) is 10.5 Å². The van der Waals surface area contributed by atoms with E-state index in [9.17, 15) is 14.8 Å².